The van der Waals surface area contributed by atoms with Crippen molar-refractivity contribution in [3.63, 3.8) is 0 Å². The second-order valence-electron chi connectivity index (χ2n) is 6.80. The van der Waals surface area contributed by atoms with Gasteiger partial charge in [-0.3, -0.25) is 5.32 Å². The van der Waals surface area contributed by atoms with Crippen LogP contribution in [0.4, 0.5) is 15.6 Å². The second-order valence-corrected chi connectivity index (χ2v) is 9.82. The number of anilines is 2. The summed E-state index contributed by atoms with van der Waals surface area (Å²) in [4.78, 5) is 18.0. The molecule has 1 aliphatic rings. The first-order chi connectivity index (χ1) is 15.0. The van der Waals surface area contributed by atoms with Crippen LogP contribution in [0.1, 0.15) is 17.5 Å². The molecule has 0 fully saturated rings. The van der Waals surface area contributed by atoms with Crippen LogP contribution >= 0.6 is 11.3 Å². The van der Waals surface area contributed by atoms with Crippen molar-refractivity contribution < 1.29 is 17.9 Å². The average molecular weight is 459 g/mol. The summed E-state index contributed by atoms with van der Waals surface area (Å²) in [6.07, 6.45) is 0.494. The molecule has 2 N–H and O–H groups in total. The van der Waals surface area contributed by atoms with Crippen LogP contribution in [-0.4, -0.2) is 36.9 Å². The van der Waals surface area contributed by atoms with E-state index in [-0.39, 0.29) is 11.4 Å². The van der Waals surface area contributed by atoms with Gasteiger partial charge in [-0.1, -0.05) is 41.7 Å². The Morgan fingerprint density at radius 3 is 2.65 bits per heavy atom. The molecule has 1 aromatic heterocycles. The summed E-state index contributed by atoms with van der Waals surface area (Å²) in [5.74, 6) is 0.584. The number of hydrogen-bond donors (Lipinski definition) is 2. The third-order valence-corrected chi connectivity index (χ3v) is 7.59. The maximum Gasteiger partial charge on any atom is 0.325 e. The van der Waals surface area contributed by atoms with Gasteiger partial charge in [0.15, 0.2) is 5.13 Å². The number of carbonyl (C=O) groups excluding carboxylic acids is 1. The van der Waals surface area contributed by atoms with Crippen LogP contribution in [0.3, 0.4) is 0 Å². The summed E-state index contributed by atoms with van der Waals surface area (Å²) in [6.45, 7) is 2.95. The van der Waals surface area contributed by atoms with Crippen LogP contribution < -0.4 is 15.4 Å². The molecule has 162 valence electrons. The number of benzene rings is 2. The molecular weight excluding hydrogens is 436 g/mol. The molecule has 1 aliphatic heterocycles. The summed E-state index contributed by atoms with van der Waals surface area (Å²) in [6, 6.07) is 15.1. The number of amides is 2. The number of nitrogens with one attached hydrogen (secondary N) is 2. The minimum Gasteiger partial charge on any atom is -0.492 e. The summed E-state index contributed by atoms with van der Waals surface area (Å²) in [5, 5.41) is 5.93. The number of thiazole rings is 1. The zero-order valence-electron chi connectivity index (χ0n) is 16.9. The molecular formula is C21H22N4O4S2. The highest BCUT2D eigenvalue weighted by molar-refractivity contribution is 7.89. The molecule has 0 saturated heterocycles. The third kappa shape index (κ3) is 4.71. The van der Waals surface area contributed by atoms with E-state index in [9.17, 15) is 13.2 Å². The van der Waals surface area contributed by atoms with Crippen molar-refractivity contribution in [3.8, 4) is 5.75 Å². The van der Waals surface area contributed by atoms with E-state index in [0.29, 0.717) is 36.1 Å². The van der Waals surface area contributed by atoms with E-state index in [0.717, 1.165) is 10.6 Å². The highest BCUT2D eigenvalue weighted by atomic mass is 32.2. The van der Waals surface area contributed by atoms with Gasteiger partial charge in [0.05, 0.1) is 29.4 Å². The van der Waals surface area contributed by atoms with Crippen molar-refractivity contribution in [2.75, 3.05) is 23.8 Å². The third-order valence-electron chi connectivity index (χ3n) is 4.73. The highest BCUT2D eigenvalue weighted by Gasteiger charge is 2.30. The Labute approximate surface area is 184 Å². The maximum atomic E-state index is 12.9. The number of sulfonamides is 1. The number of nitrogens with zero attached hydrogens (tertiary/aromatic N) is 2. The normalized spacial score (nSPS) is 14.0. The van der Waals surface area contributed by atoms with Crippen molar-refractivity contribution in [2.45, 2.75) is 24.8 Å². The van der Waals surface area contributed by atoms with Gasteiger partial charge >= 0.3 is 6.03 Å². The first-order valence-electron chi connectivity index (χ1n) is 9.81. The number of para-hydroxylation sites is 2. The lowest BCUT2D eigenvalue weighted by molar-refractivity contribution is 0.262. The van der Waals surface area contributed by atoms with Crippen LogP contribution in [-0.2, 0) is 23.0 Å². The molecule has 0 spiro atoms. The number of carbonyl (C=O) groups is 1. The lowest BCUT2D eigenvalue weighted by Gasteiger charge is -2.25. The molecule has 2 aromatic carbocycles. The van der Waals surface area contributed by atoms with E-state index in [1.54, 1.807) is 42.5 Å². The Hall–Kier alpha value is -2.95. The zero-order valence-corrected chi connectivity index (χ0v) is 18.5. The minimum absolute atomic E-state index is 0.237. The molecule has 0 radical (unpaired) electrons. The number of fused-ring (bicyclic) bond motifs is 1. The average Bonchev–Trinajstić information content (AvgIpc) is 3.17. The zero-order chi connectivity index (χ0) is 21.8. The molecule has 0 atom stereocenters. The highest BCUT2D eigenvalue weighted by Crippen LogP contribution is 2.31. The van der Waals surface area contributed by atoms with E-state index in [4.69, 9.17) is 4.74 Å². The van der Waals surface area contributed by atoms with Crippen molar-refractivity contribution in [1.29, 1.82) is 0 Å². The fraction of sp³-hybridized carbons (Fsp3) is 0.238. The first-order valence-corrected chi connectivity index (χ1v) is 12.1. The Kier molecular flexibility index (Phi) is 6.21. The Balaban J connectivity index is 1.44. The quantitative estimate of drug-likeness (QED) is 0.583. The smallest absolute Gasteiger partial charge is 0.325 e. The number of rotatable bonds is 6. The fourth-order valence-electron chi connectivity index (χ4n) is 3.27. The van der Waals surface area contributed by atoms with Crippen LogP contribution in [0, 0.1) is 0 Å². The molecule has 3 aromatic rings. The Bertz CT molecular complexity index is 1180. The van der Waals surface area contributed by atoms with E-state index < -0.39 is 16.1 Å². The molecule has 2 amide bonds. The van der Waals surface area contributed by atoms with E-state index >= 15 is 0 Å². The lowest BCUT2D eigenvalue weighted by Crippen LogP contribution is -2.35. The van der Waals surface area contributed by atoms with Gasteiger partial charge in [0.2, 0.25) is 10.0 Å². The van der Waals surface area contributed by atoms with Gasteiger partial charge in [-0.2, -0.15) is 4.31 Å². The molecule has 10 heteroatoms. The number of hydrogen-bond acceptors (Lipinski definition) is 6. The largest absolute Gasteiger partial charge is 0.492 e. The predicted octanol–water partition coefficient (Wildman–Crippen LogP) is 3.93. The SMILES string of the molecule is CCOc1ccccc1NC(=O)Nc1nc2c(s1)CN(S(=O)(=O)c1ccccc1)CC2. The molecule has 8 nitrogen and oxygen atoms in total. The summed E-state index contributed by atoms with van der Waals surface area (Å²) < 4.78 is 32.7. The van der Waals surface area contributed by atoms with Crippen molar-refractivity contribution in [1.82, 2.24) is 9.29 Å². The maximum absolute atomic E-state index is 12.9. The number of aromatic nitrogens is 1. The van der Waals surface area contributed by atoms with E-state index in [1.807, 2.05) is 19.1 Å². The van der Waals surface area contributed by atoms with Crippen LogP contribution in [0.5, 0.6) is 5.75 Å². The van der Waals surface area contributed by atoms with Gasteiger partial charge in [-0.25, -0.2) is 18.2 Å². The molecule has 0 unspecified atom stereocenters. The van der Waals surface area contributed by atoms with Crippen LogP contribution in [0.2, 0.25) is 0 Å². The predicted molar refractivity (Wildman–Crippen MR) is 120 cm³/mol. The van der Waals surface area contributed by atoms with E-state index in [2.05, 4.69) is 15.6 Å². The van der Waals surface area contributed by atoms with Crippen LogP contribution in [0.25, 0.3) is 0 Å². The monoisotopic (exact) mass is 458 g/mol. The van der Waals surface area contributed by atoms with Crippen LogP contribution in [0.15, 0.2) is 59.5 Å². The molecule has 0 aliphatic carbocycles. The molecule has 0 bridgehead atoms. The Morgan fingerprint density at radius 2 is 1.87 bits per heavy atom. The van der Waals surface area contributed by atoms with Crippen molar-refractivity contribution in [3.05, 3.63) is 65.2 Å². The van der Waals surface area contributed by atoms with Gasteiger partial charge in [0, 0.05) is 17.8 Å². The van der Waals surface area contributed by atoms with E-state index in [1.165, 1.54) is 15.6 Å². The Morgan fingerprint density at radius 1 is 1.13 bits per heavy atom. The van der Waals surface area contributed by atoms with Gasteiger partial charge in [0.1, 0.15) is 5.75 Å². The minimum atomic E-state index is -3.57. The van der Waals surface area contributed by atoms with Gasteiger partial charge in [0.25, 0.3) is 0 Å². The number of urea groups is 1. The topological polar surface area (TPSA) is 101 Å². The van der Waals surface area contributed by atoms with Crippen molar-refractivity contribution in [2.24, 2.45) is 0 Å². The van der Waals surface area contributed by atoms with Crippen molar-refractivity contribution >= 4 is 38.2 Å². The summed E-state index contributed by atoms with van der Waals surface area (Å²) >= 11 is 1.28. The van der Waals surface area contributed by atoms with Gasteiger partial charge < -0.3 is 10.1 Å². The second kappa shape index (κ2) is 9.04. The summed E-state index contributed by atoms with van der Waals surface area (Å²) in [5.41, 5.74) is 1.37. The molecule has 31 heavy (non-hydrogen) atoms. The first kappa shape index (κ1) is 21.3. The van der Waals surface area contributed by atoms with Gasteiger partial charge in [-0.15, -0.1) is 0 Å². The number of ether oxygens (including phenoxy) is 1. The molecule has 0 saturated carbocycles. The summed E-state index contributed by atoms with van der Waals surface area (Å²) in [7, 11) is -3.57. The standard InChI is InChI=1S/C21H22N4O4S2/c1-2-29-18-11-7-6-10-16(18)22-20(26)24-21-23-17-12-13-25(14-19(17)30-21)31(27,28)15-8-4-3-5-9-15/h3-11H,2,12-14H2,1H3,(H2,22,23,24,26). The molecule has 4 rings (SSSR count). The fourth-order valence-corrected chi connectivity index (χ4v) is 5.80. The molecule has 2 heterocycles. The van der Waals surface area contributed by atoms with Gasteiger partial charge in [-0.05, 0) is 31.2 Å². The lowest BCUT2D eigenvalue weighted by atomic mass is 10.2.